The van der Waals surface area contributed by atoms with Crippen LogP contribution in [0.3, 0.4) is 0 Å². The first-order valence-corrected chi connectivity index (χ1v) is 10.9. The maximum absolute atomic E-state index is 13.2. The molecule has 1 amide bonds. The number of rotatable bonds is 5. The molecular weight excluding hydrogens is 384 g/mol. The molecule has 1 saturated heterocycles. The maximum atomic E-state index is 13.2. The highest BCUT2D eigenvalue weighted by atomic mass is 32.1. The summed E-state index contributed by atoms with van der Waals surface area (Å²) >= 11 is 1.64. The summed E-state index contributed by atoms with van der Waals surface area (Å²) < 4.78 is 1.72. The highest BCUT2D eigenvalue weighted by molar-refractivity contribution is 7.13. The second kappa shape index (κ2) is 8.42. The largest absolute Gasteiger partial charge is 0.336 e. The Bertz CT molecular complexity index is 973. The molecule has 0 aliphatic carbocycles. The molecule has 0 unspecified atom stereocenters. The lowest BCUT2D eigenvalue weighted by Crippen LogP contribution is -2.48. The number of hydrogen-bond donors (Lipinski definition) is 0. The molecule has 8 heteroatoms. The molecule has 3 aromatic rings. The highest BCUT2D eigenvalue weighted by Gasteiger charge is 2.27. The third kappa shape index (κ3) is 3.95. The Hall–Kier alpha value is -2.58. The SMILES string of the molecule is CCN1CCN(C(=O)c2cnn(-c3nccc(-c4cccs4)n3)c2C(C)C)CC1. The normalized spacial score (nSPS) is 15.2. The van der Waals surface area contributed by atoms with Crippen molar-refractivity contribution in [1.82, 2.24) is 29.5 Å². The monoisotopic (exact) mass is 410 g/mol. The van der Waals surface area contributed by atoms with E-state index < -0.39 is 0 Å². The number of piperazine rings is 1. The van der Waals surface area contributed by atoms with E-state index in [0.29, 0.717) is 11.5 Å². The summed E-state index contributed by atoms with van der Waals surface area (Å²) in [6.07, 6.45) is 3.42. The van der Waals surface area contributed by atoms with Crippen molar-refractivity contribution in [2.45, 2.75) is 26.7 Å². The van der Waals surface area contributed by atoms with Crippen molar-refractivity contribution >= 4 is 17.2 Å². The van der Waals surface area contributed by atoms with Crippen LogP contribution >= 0.6 is 11.3 Å². The van der Waals surface area contributed by atoms with Gasteiger partial charge in [0.1, 0.15) is 0 Å². The van der Waals surface area contributed by atoms with Crippen LogP contribution < -0.4 is 0 Å². The first kappa shape index (κ1) is 19.7. The smallest absolute Gasteiger partial charge is 0.257 e. The summed E-state index contributed by atoms with van der Waals surface area (Å²) in [4.78, 5) is 27.7. The first-order chi connectivity index (χ1) is 14.1. The van der Waals surface area contributed by atoms with E-state index in [1.54, 1.807) is 28.4 Å². The number of aromatic nitrogens is 4. The Morgan fingerprint density at radius 2 is 2.00 bits per heavy atom. The second-order valence-corrected chi connectivity index (χ2v) is 8.40. The number of carbonyl (C=O) groups excluding carboxylic acids is 1. The van der Waals surface area contributed by atoms with E-state index in [4.69, 9.17) is 4.98 Å². The fraction of sp³-hybridized carbons (Fsp3) is 0.429. The minimum Gasteiger partial charge on any atom is -0.336 e. The molecule has 1 aliphatic heterocycles. The van der Waals surface area contributed by atoms with E-state index in [2.05, 4.69) is 35.8 Å². The summed E-state index contributed by atoms with van der Waals surface area (Å²) in [6.45, 7) is 10.7. The van der Waals surface area contributed by atoms with Crippen molar-refractivity contribution in [3.63, 3.8) is 0 Å². The standard InChI is InChI=1S/C21H26N6OS/c1-4-25-9-11-26(12-10-25)20(28)16-14-23-27(19(16)15(2)3)21-22-8-7-17(24-21)18-6-5-13-29-18/h5-8,13-15H,4,9-12H2,1-3H3. The van der Waals surface area contributed by atoms with E-state index in [9.17, 15) is 4.79 Å². The minimum absolute atomic E-state index is 0.0464. The number of amides is 1. The number of likely N-dealkylation sites (N-methyl/N-ethyl adjacent to an activating group) is 1. The van der Waals surface area contributed by atoms with Gasteiger partial charge in [-0.3, -0.25) is 4.79 Å². The van der Waals surface area contributed by atoms with Crippen LogP contribution in [0.15, 0.2) is 36.0 Å². The van der Waals surface area contributed by atoms with E-state index in [-0.39, 0.29) is 11.8 Å². The van der Waals surface area contributed by atoms with Gasteiger partial charge in [-0.15, -0.1) is 11.3 Å². The molecule has 0 atom stereocenters. The Kier molecular flexibility index (Phi) is 5.73. The van der Waals surface area contributed by atoms with Crippen molar-refractivity contribution in [1.29, 1.82) is 0 Å². The molecule has 7 nitrogen and oxygen atoms in total. The Balaban J connectivity index is 1.66. The average molecular weight is 411 g/mol. The van der Waals surface area contributed by atoms with Crippen molar-refractivity contribution in [3.8, 4) is 16.5 Å². The molecule has 0 spiro atoms. The number of thiophene rings is 1. The van der Waals surface area contributed by atoms with Gasteiger partial charge in [-0.2, -0.15) is 5.10 Å². The van der Waals surface area contributed by atoms with Crippen LogP contribution in [0.2, 0.25) is 0 Å². The molecule has 3 aromatic heterocycles. The number of nitrogens with zero attached hydrogens (tertiary/aromatic N) is 6. The minimum atomic E-state index is 0.0464. The van der Waals surface area contributed by atoms with E-state index in [0.717, 1.165) is 49.0 Å². The Morgan fingerprint density at radius 1 is 1.21 bits per heavy atom. The topological polar surface area (TPSA) is 67.2 Å². The quantitative estimate of drug-likeness (QED) is 0.646. The lowest BCUT2D eigenvalue weighted by atomic mass is 10.0. The van der Waals surface area contributed by atoms with E-state index in [1.807, 2.05) is 28.5 Å². The van der Waals surface area contributed by atoms with Crippen LogP contribution in [0, 0.1) is 0 Å². The number of carbonyl (C=O) groups is 1. The molecule has 0 aromatic carbocycles. The summed E-state index contributed by atoms with van der Waals surface area (Å²) in [6, 6.07) is 5.94. The van der Waals surface area contributed by atoms with E-state index >= 15 is 0 Å². The third-order valence-electron chi connectivity index (χ3n) is 5.30. The van der Waals surface area contributed by atoms with Crippen molar-refractivity contribution in [2.24, 2.45) is 0 Å². The maximum Gasteiger partial charge on any atom is 0.257 e. The van der Waals surface area contributed by atoms with Gasteiger partial charge in [0.2, 0.25) is 0 Å². The van der Waals surface area contributed by atoms with Crippen molar-refractivity contribution < 1.29 is 4.79 Å². The van der Waals surface area contributed by atoms with Gasteiger partial charge in [0.15, 0.2) is 0 Å². The van der Waals surface area contributed by atoms with Crippen molar-refractivity contribution in [2.75, 3.05) is 32.7 Å². The molecule has 0 radical (unpaired) electrons. The predicted octanol–water partition coefficient (Wildman–Crippen LogP) is 3.29. The molecule has 4 heterocycles. The molecule has 152 valence electrons. The summed E-state index contributed by atoms with van der Waals surface area (Å²) in [5.74, 6) is 0.655. The van der Waals surface area contributed by atoms with Gasteiger partial charge in [-0.25, -0.2) is 14.6 Å². The summed E-state index contributed by atoms with van der Waals surface area (Å²) in [7, 11) is 0. The van der Waals surface area contributed by atoms with Crippen LogP contribution in [0.5, 0.6) is 0 Å². The van der Waals surface area contributed by atoms with Crippen LogP contribution in [0.4, 0.5) is 0 Å². The van der Waals surface area contributed by atoms with Crippen LogP contribution in [-0.4, -0.2) is 68.2 Å². The van der Waals surface area contributed by atoms with Gasteiger partial charge < -0.3 is 9.80 Å². The lowest BCUT2D eigenvalue weighted by molar-refractivity contribution is 0.0642. The highest BCUT2D eigenvalue weighted by Crippen LogP contribution is 2.26. The fourth-order valence-electron chi connectivity index (χ4n) is 3.69. The molecule has 0 bridgehead atoms. The van der Waals surface area contributed by atoms with Gasteiger partial charge in [0.25, 0.3) is 11.9 Å². The zero-order valence-electron chi connectivity index (χ0n) is 17.1. The third-order valence-corrected chi connectivity index (χ3v) is 6.19. The lowest BCUT2D eigenvalue weighted by Gasteiger charge is -2.34. The van der Waals surface area contributed by atoms with Gasteiger partial charge in [-0.05, 0) is 30.0 Å². The predicted molar refractivity (Wildman–Crippen MR) is 115 cm³/mol. The van der Waals surface area contributed by atoms with Crippen molar-refractivity contribution in [3.05, 3.63) is 47.2 Å². The molecule has 1 fully saturated rings. The van der Waals surface area contributed by atoms with Crippen LogP contribution in [0.25, 0.3) is 16.5 Å². The Morgan fingerprint density at radius 3 is 2.66 bits per heavy atom. The molecule has 4 rings (SSSR count). The zero-order valence-corrected chi connectivity index (χ0v) is 17.9. The first-order valence-electron chi connectivity index (χ1n) is 10.0. The van der Waals surface area contributed by atoms with Gasteiger partial charge in [0.05, 0.1) is 28.0 Å². The molecular formula is C21H26N6OS. The van der Waals surface area contributed by atoms with Gasteiger partial charge >= 0.3 is 0 Å². The molecule has 29 heavy (non-hydrogen) atoms. The van der Waals surface area contributed by atoms with Crippen LogP contribution in [0.1, 0.15) is 42.7 Å². The summed E-state index contributed by atoms with van der Waals surface area (Å²) in [5.41, 5.74) is 2.37. The Labute approximate surface area is 175 Å². The summed E-state index contributed by atoms with van der Waals surface area (Å²) in [5, 5.41) is 6.54. The van der Waals surface area contributed by atoms with E-state index in [1.165, 1.54) is 0 Å². The van der Waals surface area contributed by atoms with Gasteiger partial charge in [0, 0.05) is 32.4 Å². The average Bonchev–Trinajstić information content (AvgIpc) is 3.43. The number of hydrogen-bond acceptors (Lipinski definition) is 6. The fourth-order valence-corrected chi connectivity index (χ4v) is 4.38. The van der Waals surface area contributed by atoms with Crippen LogP contribution in [-0.2, 0) is 0 Å². The zero-order chi connectivity index (χ0) is 20.4. The second-order valence-electron chi connectivity index (χ2n) is 7.46. The molecule has 0 N–H and O–H groups in total. The molecule has 0 saturated carbocycles. The van der Waals surface area contributed by atoms with Gasteiger partial charge in [-0.1, -0.05) is 26.8 Å². The molecule has 1 aliphatic rings.